The first-order chi connectivity index (χ1) is 4.54. The topological polar surface area (TPSA) is 46.2 Å². The molecule has 0 amide bonds. The molecule has 0 aromatic heterocycles. The van der Waals surface area contributed by atoms with Gasteiger partial charge in [-0.15, -0.1) is 0 Å². The minimum atomic E-state index is 0.146. The maximum atomic E-state index is 8.68. The van der Waals surface area contributed by atoms with Crippen molar-refractivity contribution in [2.45, 2.75) is 19.5 Å². The first kappa shape index (κ1) is 9.88. The Kier molecular flexibility index (Phi) is 3.86. The number of hydrogen-bond acceptors (Lipinski definition) is 2. The van der Waals surface area contributed by atoms with Crippen molar-refractivity contribution in [3.63, 3.8) is 0 Å². The predicted molar refractivity (Wildman–Crippen MR) is 42.3 cm³/mol. The highest BCUT2D eigenvalue weighted by atomic mass is 16.3. The number of hydrogen-bond donors (Lipinski definition) is 2. The standard InChI is InChI=1S/C7H19N2O/c1-4-7(8)9(2,3)5-6-10/h7,10H,4-6,8H2,1-3H3/q+1. The van der Waals surface area contributed by atoms with Gasteiger partial charge in [0.2, 0.25) is 0 Å². The van der Waals surface area contributed by atoms with Crippen LogP contribution in [0, 0.1) is 0 Å². The number of likely N-dealkylation sites (N-methyl/N-ethyl adjacent to an activating group) is 1. The van der Waals surface area contributed by atoms with Crippen LogP contribution >= 0.6 is 0 Å². The van der Waals surface area contributed by atoms with Gasteiger partial charge in [0, 0.05) is 6.42 Å². The number of quaternary nitrogens is 1. The largest absolute Gasteiger partial charge is 0.391 e. The zero-order valence-corrected chi connectivity index (χ0v) is 7.17. The molecule has 0 saturated carbocycles. The third-order valence-electron chi connectivity index (χ3n) is 1.99. The summed E-state index contributed by atoms with van der Waals surface area (Å²) in [5, 5.41) is 8.68. The minimum absolute atomic E-state index is 0.146. The van der Waals surface area contributed by atoms with Crippen molar-refractivity contribution >= 4 is 0 Å². The normalized spacial score (nSPS) is 15.3. The molecule has 3 nitrogen and oxygen atoms in total. The quantitative estimate of drug-likeness (QED) is 0.425. The second-order valence-electron chi connectivity index (χ2n) is 3.20. The Balaban J connectivity index is 3.82. The van der Waals surface area contributed by atoms with Crippen molar-refractivity contribution in [1.29, 1.82) is 0 Å². The summed E-state index contributed by atoms with van der Waals surface area (Å²) in [5.41, 5.74) is 5.80. The average molecular weight is 147 g/mol. The molecule has 0 radical (unpaired) electrons. The van der Waals surface area contributed by atoms with Crippen LogP contribution in [-0.2, 0) is 0 Å². The van der Waals surface area contributed by atoms with Gasteiger partial charge in [0.1, 0.15) is 12.7 Å². The highest BCUT2D eigenvalue weighted by molar-refractivity contribution is 4.43. The maximum Gasteiger partial charge on any atom is 0.139 e. The molecule has 0 aromatic carbocycles. The van der Waals surface area contributed by atoms with Crippen LogP contribution in [0.4, 0.5) is 0 Å². The average Bonchev–Trinajstić information content (AvgIpc) is 1.86. The number of aliphatic hydroxyl groups is 1. The highest BCUT2D eigenvalue weighted by Gasteiger charge is 2.21. The van der Waals surface area contributed by atoms with Crippen LogP contribution < -0.4 is 5.73 Å². The van der Waals surface area contributed by atoms with E-state index in [2.05, 4.69) is 6.92 Å². The molecule has 10 heavy (non-hydrogen) atoms. The van der Waals surface area contributed by atoms with Crippen molar-refractivity contribution in [3.8, 4) is 0 Å². The van der Waals surface area contributed by atoms with E-state index in [-0.39, 0.29) is 12.8 Å². The van der Waals surface area contributed by atoms with Gasteiger partial charge in [-0.3, -0.25) is 5.73 Å². The molecule has 0 aromatic rings. The zero-order valence-electron chi connectivity index (χ0n) is 7.17. The van der Waals surface area contributed by atoms with E-state index in [1.807, 2.05) is 14.1 Å². The van der Waals surface area contributed by atoms with Crippen molar-refractivity contribution in [2.75, 3.05) is 27.2 Å². The predicted octanol–water partition coefficient (Wildman–Crippen LogP) is -0.250. The number of nitrogens with zero attached hydrogens (tertiary/aromatic N) is 1. The van der Waals surface area contributed by atoms with Gasteiger partial charge in [-0.1, -0.05) is 6.92 Å². The number of rotatable bonds is 4. The molecular formula is C7H19N2O+. The van der Waals surface area contributed by atoms with Crippen LogP contribution in [0.5, 0.6) is 0 Å². The second kappa shape index (κ2) is 3.91. The Morgan fingerprint density at radius 3 is 2.30 bits per heavy atom. The van der Waals surface area contributed by atoms with E-state index < -0.39 is 0 Å². The van der Waals surface area contributed by atoms with Crippen molar-refractivity contribution in [2.24, 2.45) is 5.73 Å². The van der Waals surface area contributed by atoms with Crippen molar-refractivity contribution in [1.82, 2.24) is 0 Å². The fourth-order valence-corrected chi connectivity index (χ4v) is 0.918. The van der Waals surface area contributed by atoms with Crippen LogP contribution in [0.3, 0.4) is 0 Å². The van der Waals surface area contributed by atoms with Gasteiger partial charge in [0.25, 0.3) is 0 Å². The number of nitrogens with two attached hydrogens (primary N) is 1. The lowest BCUT2D eigenvalue weighted by atomic mass is 10.3. The van der Waals surface area contributed by atoms with Crippen molar-refractivity contribution < 1.29 is 9.59 Å². The Bertz CT molecular complexity index is 93.6. The third kappa shape index (κ3) is 2.64. The van der Waals surface area contributed by atoms with Gasteiger partial charge in [-0.05, 0) is 0 Å². The monoisotopic (exact) mass is 147 g/mol. The van der Waals surface area contributed by atoms with E-state index in [9.17, 15) is 0 Å². The molecule has 0 bridgehead atoms. The van der Waals surface area contributed by atoms with Crippen LogP contribution in [-0.4, -0.2) is 43.0 Å². The van der Waals surface area contributed by atoms with Gasteiger partial charge in [0.15, 0.2) is 0 Å². The summed E-state index contributed by atoms with van der Waals surface area (Å²) in [4.78, 5) is 0. The first-order valence-electron chi connectivity index (χ1n) is 3.73. The lowest BCUT2D eigenvalue weighted by Gasteiger charge is -2.34. The van der Waals surface area contributed by atoms with E-state index in [0.29, 0.717) is 4.48 Å². The van der Waals surface area contributed by atoms with E-state index in [4.69, 9.17) is 10.8 Å². The molecule has 0 aliphatic rings. The molecule has 0 spiro atoms. The SMILES string of the molecule is CCC(N)[N+](C)(C)CCO. The highest BCUT2D eigenvalue weighted by Crippen LogP contribution is 2.03. The molecule has 0 aliphatic carbocycles. The summed E-state index contributed by atoms with van der Waals surface area (Å²) < 4.78 is 0.701. The van der Waals surface area contributed by atoms with Crippen molar-refractivity contribution in [3.05, 3.63) is 0 Å². The minimum Gasteiger partial charge on any atom is -0.391 e. The Morgan fingerprint density at radius 2 is 2.00 bits per heavy atom. The Labute approximate surface area is 63.0 Å². The van der Waals surface area contributed by atoms with Gasteiger partial charge in [-0.25, -0.2) is 0 Å². The summed E-state index contributed by atoms with van der Waals surface area (Å²) in [6, 6.07) is 0. The van der Waals surface area contributed by atoms with Crippen LogP contribution in [0.15, 0.2) is 0 Å². The fraction of sp³-hybridized carbons (Fsp3) is 1.00. The lowest BCUT2D eigenvalue weighted by Crippen LogP contribution is -2.54. The molecular weight excluding hydrogens is 128 g/mol. The Morgan fingerprint density at radius 1 is 1.50 bits per heavy atom. The van der Waals surface area contributed by atoms with E-state index in [1.165, 1.54) is 0 Å². The molecule has 1 unspecified atom stereocenters. The number of aliphatic hydroxyl groups excluding tert-OH is 1. The van der Waals surface area contributed by atoms with Crippen LogP contribution in [0.1, 0.15) is 13.3 Å². The molecule has 0 fully saturated rings. The summed E-state index contributed by atoms with van der Waals surface area (Å²) in [6.45, 7) is 3.00. The van der Waals surface area contributed by atoms with Crippen LogP contribution in [0.25, 0.3) is 0 Å². The molecule has 0 aliphatic heterocycles. The maximum absolute atomic E-state index is 8.68. The molecule has 0 heterocycles. The molecule has 0 rings (SSSR count). The van der Waals surface area contributed by atoms with Crippen LogP contribution in [0.2, 0.25) is 0 Å². The lowest BCUT2D eigenvalue weighted by molar-refractivity contribution is -0.915. The van der Waals surface area contributed by atoms with Gasteiger partial charge < -0.3 is 9.59 Å². The van der Waals surface area contributed by atoms with E-state index in [1.54, 1.807) is 0 Å². The molecule has 62 valence electrons. The van der Waals surface area contributed by atoms with Gasteiger partial charge >= 0.3 is 0 Å². The fourth-order valence-electron chi connectivity index (χ4n) is 0.918. The van der Waals surface area contributed by atoms with E-state index >= 15 is 0 Å². The second-order valence-corrected chi connectivity index (χ2v) is 3.20. The first-order valence-corrected chi connectivity index (χ1v) is 3.73. The van der Waals surface area contributed by atoms with Gasteiger partial charge in [-0.2, -0.15) is 0 Å². The molecule has 0 saturated heterocycles. The summed E-state index contributed by atoms with van der Waals surface area (Å²) in [6.07, 6.45) is 1.10. The summed E-state index contributed by atoms with van der Waals surface area (Å²) >= 11 is 0. The zero-order chi connectivity index (χ0) is 8.20. The smallest absolute Gasteiger partial charge is 0.139 e. The summed E-state index contributed by atoms with van der Waals surface area (Å²) in [7, 11) is 4.06. The van der Waals surface area contributed by atoms with E-state index in [0.717, 1.165) is 13.0 Å². The summed E-state index contributed by atoms with van der Waals surface area (Å²) in [5.74, 6) is 0. The molecule has 1 atom stereocenters. The van der Waals surface area contributed by atoms with Gasteiger partial charge in [0.05, 0.1) is 20.7 Å². The Hall–Kier alpha value is -0.120. The molecule has 3 heteroatoms. The third-order valence-corrected chi connectivity index (χ3v) is 1.99. The molecule has 3 N–H and O–H groups in total.